The Morgan fingerprint density at radius 3 is 2.11 bits per heavy atom. The number of nitrogens with zero attached hydrogens (tertiary/aromatic N) is 3. The Kier molecular flexibility index (Phi) is 10.3. The molecule has 0 saturated carbocycles. The Hall–Kier alpha value is -2.94. The van der Waals surface area contributed by atoms with Crippen LogP contribution in [0.2, 0.25) is 0 Å². The van der Waals surface area contributed by atoms with Crippen LogP contribution in [-0.2, 0) is 25.7 Å². The van der Waals surface area contributed by atoms with E-state index < -0.39 is 24.3 Å². The van der Waals surface area contributed by atoms with Crippen LogP contribution in [0, 0.1) is 6.92 Å². The van der Waals surface area contributed by atoms with Crippen LogP contribution < -0.4 is 0 Å². The van der Waals surface area contributed by atoms with E-state index in [1.807, 2.05) is 25.1 Å². The molecule has 1 unspecified atom stereocenters. The van der Waals surface area contributed by atoms with E-state index in [0.717, 1.165) is 50.4 Å². The Morgan fingerprint density at radius 2 is 1.62 bits per heavy atom. The zero-order chi connectivity index (χ0) is 28.0. The zero-order valence-electron chi connectivity index (χ0n) is 19.8. The number of rotatable bonds is 3. The molecule has 15 heteroatoms. The largest absolute Gasteiger partial charge is 0.490 e. The van der Waals surface area contributed by atoms with Gasteiger partial charge in [-0.2, -0.15) is 26.3 Å². The number of aryl methyl sites for hydroxylation is 1. The van der Waals surface area contributed by atoms with Gasteiger partial charge < -0.3 is 19.8 Å². The summed E-state index contributed by atoms with van der Waals surface area (Å²) in [5.74, 6) is -5.22. The molecule has 0 spiro atoms. The summed E-state index contributed by atoms with van der Waals surface area (Å²) in [6, 6.07) is 7.46. The molecule has 3 fully saturated rings. The Bertz CT molecular complexity index is 928. The van der Waals surface area contributed by atoms with Crippen molar-refractivity contribution >= 4 is 17.8 Å². The van der Waals surface area contributed by atoms with Crippen LogP contribution in [0.25, 0.3) is 0 Å². The number of fused-ring (bicyclic) bond motifs is 1. The van der Waals surface area contributed by atoms with Crippen LogP contribution >= 0.6 is 0 Å². The lowest BCUT2D eigenvalue weighted by Crippen LogP contribution is -2.53. The van der Waals surface area contributed by atoms with Crippen LogP contribution in [0.5, 0.6) is 0 Å². The van der Waals surface area contributed by atoms with Crippen molar-refractivity contribution in [2.75, 3.05) is 19.8 Å². The number of alkyl halides is 6. The predicted octanol–water partition coefficient (Wildman–Crippen LogP) is 3.01. The van der Waals surface area contributed by atoms with Crippen molar-refractivity contribution in [1.82, 2.24) is 14.8 Å². The van der Waals surface area contributed by atoms with Crippen molar-refractivity contribution in [3.05, 3.63) is 29.6 Å². The van der Waals surface area contributed by atoms with E-state index in [9.17, 15) is 31.1 Å². The number of aliphatic carboxylic acids is 2. The molecule has 3 aliphatic rings. The fourth-order valence-corrected chi connectivity index (χ4v) is 4.49. The first kappa shape index (κ1) is 30.3. The molecule has 9 nitrogen and oxygen atoms in total. The molecule has 208 valence electrons. The summed E-state index contributed by atoms with van der Waals surface area (Å²) in [6.45, 7) is 5.48. The maximum atomic E-state index is 12.5. The number of ether oxygens (including phenoxy) is 1. The molecule has 37 heavy (non-hydrogen) atoms. The number of carbonyl (C=O) groups excluding carboxylic acids is 1. The number of hydrogen-bond acceptors (Lipinski definition) is 6. The van der Waals surface area contributed by atoms with Gasteiger partial charge in [-0.15, -0.1) is 0 Å². The summed E-state index contributed by atoms with van der Waals surface area (Å²) in [5.41, 5.74) is 2.02. The number of halogens is 6. The highest BCUT2D eigenvalue weighted by atomic mass is 19.4. The molecule has 3 saturated heterocycles. The van der Waals surface area contributed by atoms with E-state index in [2.05, 4.69) is 14.8 Å². The summed E-state index contributed by atoms with van der Waals surface area (Å²) < 4.78 is 69.0. The van der Waals surface area contributed by atoms with Crippen LogP contribution in [0.15, 0.2) is 18.2 Å². The highest BCUT2D eigenvalue weighted by molar-refractivity contribution is 5.77. The minimum atomic E-state index is -5.08. The van der Waals surface area contributed by atoms with E-state index >= 15 is 0 Å². The maximum absolute atomic E-state index is 12.5. The summed E-state index contributed by atoms with van der Waals surface area (Å²) in [6.07, 6.45) is -6.29. The molecule has 4 rings (SSSR count). The molecule has 0 aromatic carbocycles. The van der Waals surface area contributed by atoms with E-state index in [1.54, 1.807) is 0 Å². The topological polar surface area (TPSA) is 120 Å². The van der Waals surface area contributed by atoms with E-state index in [4.69, 9.17) is 24.5 Å². The van der Waals surface area contributed by atoms with Crippen LogP contribution in [0.1, 0.15) is 37.1 Å². The minimum Gasteiger partial charge on any atom is -0.475 e. The molecule has 1 aromatic rings. The number of amides is 1. The highest BCUT2D eigenvalue weighted by Crippen LogP contribution is 2.35. The van der Waals surface area contributed by atoms with Gasteiger partial charge in [0.05, 0.1) is 18.8 Å². The van der Waals surface area contributed by atoms with Crippen molar-refractivity contribution in [2.45, 2.75) is 69.6 Å². The van der Waals surface area contributed by atoms with Crippen LogP contribution in [0.3, 0.4) is 0 Å². The Morgan fingerprint density at radius 1 is 1.03 bits per heavy atom. The van der Waals surface area contributed by atoms with E-state index in [-0.39, 0.29) is 0 Å². The fourth-order valence-electron chi connectivity index (χ4n) is 4.49. The zero-order valence-corrected chi connectivity index (χ0v) is 19.8. The van der Waals surface area contributed by atoms with E-state index in [0.29, 0.717) is 37.0 Å². The molecule has 4 heterocycles. The smallest absolute Gasteiger partial charge is 0.475 e. The number of pyridine rings is 1. The normalized spacial score (nSPS) is 23.9. The standard InChI is InChI=1S/C18H25N3O2.2C2HF3O2/c1-13-3-2-4-14(19-13)11-21-17-7-9-20(15-8-10-23-12-15)16(17)5-6-18(21)22;2*3-2(4,5)1(6)7/h2-4,15-17H,5-12H2,1H3;2*(H,6,7)/t15?,16-,17-;;/m1../s1. The highest BCUT2D eigenvalue weighted by Gasteiger charge is 2.45. The second-order valence-corrected chi connectivity index (χ2v) is 8.62. The quantitative estimate of drug-likeness (QED) is 0.559. The number of carboxylic acids is 2. The summed E-state index contributed by atoms with van der Waals surface area (Å²) in [7, 11) is 0. The average molecular weight is 543 g/mol. The molecule has 0 bridgehead atoms. The van der Waals surface area contributed by atoms with Gasteiger partial charge in [-0.1, -0.05) is 6.07 Å². The molecular formula is C22H27F6N3O6. The fraction of sp³-hybridized carbons (Fsp3) is 0.636. The predicted molar refractivity (Wildman–Crippen MR) is 114 cm³/mol. The Balaban J connectivity index is 0.000000286. The minimum absolute atomic E-state index is 0.291. The van der Waals surface area contributed by atoms with Crippen molar-refractivity contribution in [2.24, 2.45) is 0 Å². The molecule has 1 amide bonds. The molecular weight excluding hydrogens is 516 g/mol. The molecule has 0 radical (unpaired) electrons. The van der Waals surface area contributed by atoms with Gasteiger partial charge in [0, 0.05) is 43.4 Å². The van der Waals surface area contributed by atoms with Gasteiger partial charge in [0.25, 0.3) is 0 Å². The summed E-state index contributed by atoms with van der Waals surface area (Å²) >= 11 is 0. The van der Waals surface area contributed by atoms with Gasteiger partial charge in [0.15, 0.2) is 0 Å². The van der Waals surface area contributed by atoms with Gasteiger partial charge in [-0.05, 0) is 38.3 Å². The first-order chi connectivity index (χ1) is 17.1. The number of carboxylic acid groups (broad SMARTS) is 2. The molecule has 1 aromatic heterocycles. The SMILES string of the molecule is Cc1cccc(CN2C(=O)CC[C@@H]3[C@H]2CCN3C2CCOC2)n1.O=C(O)C(F)(F)F.O=C(O)C(F)(F)F. The third-order valence-corrected chi connectivity index (χ3v) is 6.07. The van der Waals surface area contributed by atoms with Crippen LogP contribution in [0.4, 0.5) is 26.3 Å². The van der Waals surface area contributed by atoms with Gasteiger partial charge in [-0.3, -0.25) is 14.7 Å². The monoisotopic (exact) mass is 543 g/mol. The third-order valence-electron chi connectivity index (χ3n) is 6.07. The lowest BCUT2D eigenvalue weighted by molar-refractivity contribution is -0.193. The number of piperidine rings is 1. The average Bonchev–Trinajstić information content (AvgIpc) is 3.45. The lowest BCUT2D eigenvalue weighted by atomic mass is 9.95. The Labute approximate surface area is 208 Å². The molecule has 3 atom stereocenters. The van der Waals surface area contributed by atoms with Crippen molar-refractivity contribution in [3.8, 4) is 0 Å². The number of aromatic nitrogens is 1. The molecule has 3 aliphatic heterocycles. The second kappa shape index (κ2) is 12.5. The van der Waals surface area contributed by atoms with Crippen molar-refractivity contribution < 1.29 is 55.7 Å². The van der Waals surface area contributed by atoms with E-state index in [1.165, 1.54) is 0 Å². The first-order valence-electron chi connectivity index (χ1n) is 11.3. The van der Waals surface area contributed by atoms with Gasteiger partial charge >= 0.3 is 24.3 Å². The summed E-state index contributed by atoms with van der Waals surface area (Å²) in [4.78, 5) is 39.6. The van der Waals surface area contributed by atoms with Gasteiger partial charge in [0.1, 0.15) is 0 Å². The number of carbonyl (C=O) groups is 3. The molecule has 0 aliphatic carbocycles. The third kappa shape index (κ3) is 8.84. The molecule has 2 N–H and O–H groups in total. The van der Waals surface area contributed by atoms with Crippen molar-refractivity contribution in [3.63, 3.8) is 0 Å². The second-order valence-electron chi connectivity index (χ2n) is 8.62. The van der Waals surface area contributed by atoms with Gasteiger partial charge in [-0.25, -0.2) is 9.59 Å². The summed E-state index contributed by atoms with van der Waals surface area (Å²) in [5, 5.41) is 14.2. The van der Waals surface area contributed by atoms with Crippen molar-refractivity contribution in [1.29, 1.82) is 0 Å². The first-order valence-corrected chi connectivity index (χ1v) is 11.3. The lowest BCUT2D eigenvalue weighted by Gasteiger charge is -2.41. The number of hydrogen-bond donors (Lipinski definition) is 2. The van der Waals surface area contributed by atoms with Crippen LogP contribution in [-0.4, -0.2) is 93.1 Å². The number of likely N-dealkylation sites (tertiary alicyclic amines) is 2. The van der Waals surface area contributed by atoms with Gasteiger partial charge in [0.2, 0.25) is 5.91 Å². The maximum Gasteiger partial charge on any atom is 0.490 e.